The molecule has 0 aromatic carbocycles. The lowest BCUT2D eigenvalue weighted by atomic mass is 9.59. The monoisotopic (exact) mass is 466 g/mol. The number of nitrogens with zero attached hydrogens (tertiary/aromatic N) is 1. The minimum Gasteiger partial charge on any atom is -0.389 e. The molecule has 5 fully saturated rings. The van der Waals surface area contributed by atoms with Crippen LogP contribution in [-0.2, 0) is 14.3 Å². The van der Waals surface area contributed by atoms with E-state index in [-0.39, 0.29) is 56.0 Å². The number of piperazine rings is 1. The van der Waals surface area contributed by atoms with Crippen LogP contribution in [0.5, 0.6) is 0 Å². The summed E-state index contributed by atoms with van der Waals surface area (Å²) < 4.78 is 18.5. The Morgan fingerprint density at radius 1 is 1.33 bits per heavy atom. The topological polar surface area (TPSA) is 83.1 Å². The highest BCUT2D eigenvalue weighted by molar-refractivity contribution is 5.86. The Morgan fingerprint density at radius 2 is 2.17 bits per heavy atom. The molecular formula is C21H37Cl2N3O4. The highest BCUT2D eigenvalue weighted by Crippen LogP contribution is 2.56. The van der Waals surface area contributed by atoms with Crippen LogP contribution in [0.1, 0.15) is 52.7 Å². The van der Waals surface area contributed by atoms with Crippen molar-refractivity contribution in [2.24, 2.45) is 5.41 Å². The molecule has 3 heterocycles. The van der Waals surface area contributed by atoms with Crippen molar-refractivity contribution >= 4 is 30.7 Å². The number of likely N-dealkylation sites (tertiary alicyclic amines) is 1. The third kappa shape index (κ3) is 3.89. The lowest BCUT2D eigenvalue weighted by Gasteiger charge is -2.52. The summed E-state index contributed by atoms with van der Waals surface area (Å²) in [4.78, 5) is 15.9. The zero-order chi connectivity index (χ0) is 20.1. The van der Waals surface area contributed by atoms with Crippen molar-refractivity contribution in [2.45, 2.75) is 87.2 Å². The Hall–Kier alpha value is -0.150. The molecule has 5 aliphatic rings. The molecule has 0 unspecified atom stereocenters. The number of fused-ring (bicyclic) bond motifs is 2. The Balaban J connectivity index is 0.00000136. The van der Waals surface area contributed by atoms with E-state index in [9.17, 15) is 9.90 Å². The lowest BCUT2D eigenvalue weighted by molar-refractivity contribution is -0.179. The molecule has 5 rings (SSSR count). The first kappa shape index (κ1) is 23.0. The molecule has 2 saturated carbocycles. The predicted octanol–water partition coefficient (Wildman–Crippen LogP) is 1.25. The number of hydrogen-bond donors (Lipinski definition) is 3. The van der Waals surface area contributed by atoms with Crippen molar-refractivity contribution in [1.29, 1.82) is 0 Å². The first-order valence-corrected chi connectivity index (χ1v) is 11.1. The predicted molar refractivity (Wildman–Crippen MR) is 118 cm³/mol. The fraction of sp³-hybridized carbons (Fsp3) is 0.952. The zero-order valence-electron chi connectivity index (χ0n) is 18.5. The second-order valence-corrected chi connectivity index (χ2v) is 9.70. The standard InChI is InChI=1S/C21H35N3O4.2ClH/c1-27-18-13-28-8-4-17(18)23-14-3-7-20(10-14,21(26)5-2-6-21)19(25)24-12-15-9-16(24)11-22-15;;/h14-18,22-23,26H,2-13H2,1H3;2*1H/t14-,15+,16+,17+,18-,20-;;/m1../s1/i1D;;. The summed E-state index contributed by atoms with van der Waals surface area (Å²) >= 11 is 0. The van der Waals surface area contributed by atoms with Gasteiger partial charge in [0.05, 0.1) is 25.1 Å². The molecule has 3 N–H and O–H groups in total. The third-order valence-electron chi connectivity index (χ3n) is 8.28. The molecule has 30 heavy (non-hydrogen) atoms. The highest BCUT2D eigenvalue weighted by Gasteiger charge is 2.63. The molecule has 9 heteroatoms. The van der Waals surface area contributed by atoms with Gasteiger partial charge in [-0.3, -0.25) is 4.79 Å². The molecular weight excluding hydrogens is 429 g/mol. The molecule has 0 aromatic rings. The van der Waals surface area contributed by atoms with Crippen molar-refractivity contribution in [1.82, 2.24) is 15.5 Å². The van der Waals surface area contributed by atoms with Crippen LogP contribution in [0.15, 0.2) is 0 Å². The lowest BCUT2D eigenvalue weighted by Crippen LogP contribution is -2.62. The molecule has 1 amide bonds. The van der Waals surface area contributed by atoms with Gasteiger partial charge in [-0.05, 0) is 51.4 Å². The highest BCUT2D eigenvalue weighted by atomic mass is 35.5. The van der Waals surface area contributed by atoms with Crippen LogP contribution < -0.4 is 10.6 Å². The van der Waals surface area contributed by atoms with Gasteiger partial charge in [-0.1, -0.05) is 0 Å². The Kier molecular flexibility index (Phi) is 7.20. The van der Waals surface area contributed by atoms with Crippen molar-refractivity contribution in [3.05, 3.63) is 0 Å². The van der Waals surface area contributed by atoms with Crippen LogP contribution in [0.3, 0.4) is 0 Å². The average Bonchev–Trinajstić information content (AvgIpc) is 3.43. The number of amides is 1. The normalized spacial score (nSPS) is 42.1. The van der Waals surface area contributed by atoms with Gasteiger partial charge in [0, 0.05) is 50.9 Å². The fourth-order valence-corrected chi connectivity index (χ4v) is 6.45. The molecule has 7 nitrogen and oxygen atoms in total. The number of halogens is 2. The summed E-state index contributed by atoms with van der Waals surface area (Å²) in [5.41, 5.74) is -1.49. The van der Waals surface area contributed by atoms with Crippen LogP contribution >= 0.6 is 24.8 Å². The van der Waals surface area contributed by atoms with Gasteiger partial charge in [-0.2, -0.15) is 0 Å². The van der Waals surface area contributed by atoms with Gasteiger partial charge >= 0.3 is 0 Å². The number of rotatable bonds is 5. The quantitative estimate of drug-likeness (QED) is 0.565. The van der Waals surface area contributed by atoms with E-state index >= 15 is 0 Å². The summed E-state index contributed by atoms with van der Waals surface area (Å²) in [6, 6.07) is 1.07. The van der Waals surface area contributed by atoms with E-state index in [0.29, 0.717) is 31.7 Å². The SMILES string of the molecule is Cl.Cl.[2H]CO[C@@H]1COCC[C@@H]1N[C@@H]1CC[C@@](C(=O)N2C[C@@H]3C[C@H]2CN3)(C2(O)CCC2)C1. The molecule has 174 valence electrons. The van der Waals surface area contributed by atoms with E-state index in [2.05, 4.69) is 15.5 Å². The largest absolute Gasteiger partial charge is 0.389 e. The average molecular weight is 467 g/mol. The number of nitrogens with one attached hydrogen (secondary N) is 2. The molecule has 0 radical (unpaired) electrons. The molecule has 2 bridgehead atoms. The maximum atomic E-state index is 13.8. The van der Waals surface area contributed by atoms with E-state index in [4.69, 9.17) is 10.8 Å². The number of hydrogen-bond acceptors (Lipinski definition) is 6. The minimum atomic E-state index is -0.845. The van der Waals surface area contributed by atoms with Gasteiger partial charge in [-0.15, -0.1) is 24.8 Å². The van der Waals surface area contributed by atoms with E-state index in [0.717, 1.165) is 58.0 Å². The van der Waals surface area contributed by atoms with Crippen LogP contribution in [0, 0.1) is 5.41 Å². The molecule has 0 aromatic heterocycles. The van der Waals surface area contributed by atoms with Crippen molar-refractivity contribution in [3.63, 3.8) is 0 Å². The summed E-state index contributed by atoms with van der Waals surface area (Å²) in [5.74, 6) is 0.198. The van der Waals surface area contributed by atoms with E-state index in [1.54, 1.807) is 0 Å². The van der Waals surface area contributed by atoms with Gasteiger partial charge in [-0.25, -0.2) is 0 Å². The second kappa shape index (κ2) is 9.38. The number of aliphatic hydroxyl groups is 1. The molecule has 0 spiro atoms. The number of methoxy groups -OCH3 is 1. The van der Waals surface area contributed by atoms with Crippen molar-refractivity contribution in [2.75, 3.05) is 33.4 Å². The number of ether oxygens (including phenoxy) is 2. The van der Waals surface area contributed by atoms with Crippen molar-refractivity contribution < 1.29 is 20.7 Å². The third-order valence-corrected chi connectivity index (χ3v) is 8.28. The van der Waals surface area contributed by atoms with Crippen LogP contribution in [0.25, 0.3) is 0 Å². The smallest absolute Gasteiger partial charge is 0.232 e. The number of carbonyl (C=O) groups is 1. The van der Waals surface area contributed by atoms with Gasteiger partial charge in [0.25, 0.3) is 0 Å². The van der Waals surface area contributed by atoms with Gasteiger partial charge < -0.3 is 30.1 Å². The first-order valence-electron chi connectivity index (χ1n) is 11.8. The Morgan fingerprint density at radius 3 is 2.80 bits per heavy atom. The minimum absolute atomic E-state index is 0. The summed E-state index contributed by atoms with van der Waals surface area (Å²) in [6.07, 6.45) is 6.66. The Labute approximate surface area is 193 Å². The molecule has 3 aliphatic heterocycles. The summed E-state index contributed by atoms with van der Waals surface area (Å²) in [6.45, 7) is 2.89. The summed E-state index contributed by atoms with van der Waals surface area (Å²) in [5, 5.41) is 18.7. The molecule has 6 atom stereocenters. The van der Waals surface area contributed by atoms with E-state index in [1.807, 2.05) is 0 Å². The van der Waals surface area contributed by atoms with Crippen molar-refractivity contribution in [3.8, 4) is 0 Å². The van der Waals surface area contributed by atoms with Gasteiger partial charge in [0.15, 0.2) is 0 Å². The zero-order valence-corrected chi connectivity index (χ0v) is 19.1. The fourth-order valence-electron chi connectivity index (χ4n) is 6.45. The van der Waals surface area contributed by atoms with Gasteiger partial charge in [0.1, 0.15) is 0 Å². The number of carbonyl (C=O) groups excluding carboxylic acids is 1. The summed E-state index contributed by atoms with van der Waals surface area (Å²) in [7, 11) is -0.0649. The molecule has 3 saturated heterocycles. The van der Waals surface area contributed by atoms with E-state index in [1.165, 1.54) is 0 Å². The maximum absolute atomic E-state index is 13.8. The van der Waals surface area contributed by atoms with Crippen LogP contribution in [0.4, 0.5) is 0 Å². The van der Waals surface area contributed by atoms with Crippen LogP contribution in [-0.4, -0.2) is 85.2 Å². The first-order chi connectivity index (χ1) is 14.0. The maximum Gasteiger partial charge on any atom is 0.232 e. The second-order valence-electron chi connectivity index (χ2n) is 9.70. The molecule has 2 aliphatic carbocycles. The van der Waals surface area contributed by atoms with E-state index < -0.39 is 11.0 Å². The Bertz CT molecular complexity index is 642. The van der Waals surface area contributed by atoms with Crippen LogP contribution in [0.2, 0.25) is 0 Å². The van der Waals surface area contributed by atoms with Gasteiger partial charge in [0.2, 0.25) is 5.91 Å².